The molecule has 3 rings (SSSR count). The third kappa shape index (κ3) is 2.86. The molecule has 1 saturated heterocycles. The maximum atomic E-state index is 5.73. The van der Waals surface area contributed by atoms with Crippen LogP contribution in [0.3, 0.4) is 0 Å². The SMILES string of the molecule is Cc1ccnc(-c2cc(C)cc([C@@H]3COCCO3)n2)c1. The van der Waals surface area contributed by atoms with Gasteiger partial charge in [0.15, 0.2) is 0 Å². The second kappa shape index (κ2) is 5.69. The Bertz CT molecular complexity index is 607. The summed E-state index contributed by atoms with van der Waals surface area (Å²) < 4.78 is 11.2. The van der Waals surface area contributed by atoms with Crippen LogP contribution in [0.25, 0.3) is 11.4 Å². The standard InChI is InChI=1S/C16H18N2O2/c1-11-3-4-17-13(7-11)14-8-12(2)9-15(18-14)16-10-19-5-6-20-16/h3-4,7-9,16H,5-6,10H2,1-2H3/t16-/m0/s1. The molecule has 1 aliphatic heterocycles. The Hall–Kier alpha value is -1.78. The number of ether oxygens (including phenoxy) is 2. The van der Waals surface area contributed by atoms with Gasteiger partial charge in [0.1, 0.15) is 6.10 Å². The number of nitrogens with zero attached hydrogens (tertiary/aromatic N) is 2. The highest BCUT2D eigenvalue weighted by molar-refractivity contribution is 5.56. The smallest absolute Gasteiger partial charge is 0.123 e. The largest absolute Gasteiger partial charge is 0.376 e. The molecule has 2 aromatic rings. The summed E-state index contributed by atoms with van der Waals surface area (Å²) >= 11 is 0. The molecule has 0 bridgehead atoms. The summed E-state index contributed by atoms with van der Waals surface area (Å²) in [6, 6.07) is 8.13. The summed E-state index contributed by atoms with van der Waals surface area (Å²) in [4.78, 5) is 9.10. The van der Waals surface area contributed by atoms with Gasteiger partial charge in [0.05, 0.1) is 36.9 Å². The predicted molar refractivity (Wildman–Crippen MR) is 76.5 cm³/mol. The monoisotopic (exact) mass is 270 g/mol. The molecule has 2 aromatic heterocycles. The fourth-order valence-electron chi connectivity index (χ4n) is 2.33. The maximum absolute atomic E-state index is 5.73. The lowest BCUT2D eigenvalue weighted by atomic mass is 10.1. The minimum Gasteiger partial charge on any atom is -0.376 e. The quantitative estimate of drug-likeness (QED) is 0.841. The van der Waals surface area contributed by atoms with Crippen LogP contribution in [-0.4, -0.2) is 29.8 Å². The van der Waals surface area contributed by atoms with Gasteiger partial charge >= 0.3 is 0 Å². The first-order valence-electron chi connectivity index (χ1n) is 6.83. The number of hydrogen-bond donors (Lipinski definition) is 0. The number of aryl methyl sites for hydroxylation is 2. The fourth-order valence-corrected chi connectivity index (χ4v) is 2.33. The van der Waals surface area contributed by atoms with Crippen molar-refractivity contribution in [3.63, 3.8) is 0 Å². The molecule has 1 atom stereocenters. The van der Waals surface area contributed by atoms with E-state index in [4.69, 9.17) is 14.5 Å². The van der Waals surface area contributed by atoms with Gasteiger partial charge in [-0.05, 0) is 49.2 Å². The van der Waals surface area contributed by atoms with Gasteiger partial charge in [0, 0.05) is 6.20 Å². The summed E-state index contributed by atoms with van der Waals surface area (Å²) in [6.45, 7) is 5.97. The molecule has 1 fully saturated rings. The van der Waals surface area contributed by atoms with Crippen molar-refractivity contribution in [3.05, 3.63) is 47.3 Å². The van der Waals surface area contributed by atoms with E-state index in [1.165, 1.54) is 5.56 Å². The van der Waals surface area contributed by atoms with Gasteiger partial charge in [-0.1, -0.05) is 0 Å². The number of hydrogen-bond acceptors (Lipinski definition) is 4. The molecule has 0 spiro atoms. The van der Waals surface area contributed by atoms with Crippen LogP contribution < -0.4 is 0 Å². The number of rotatable bonds is 2. The Balaban J connectivity index is 1.97. The van der Waals surface area contributed by atoms with Crippen LogP contribution in [-0.2, 0) is 9.47 Å². The minimum absolute atomic E-state index is 0.0767. The van der Waals surface area contributed by atoms with Crippen LogP contribution in [0.4, 0.5) is 0 Å². The van der Waals surface area contributed by atoms with E-state index in [1.54, 1.807) is 0 Å². The van der Waals surface area contributed by atoms with Crippen molar-refractivity contribution in [2.75, 3.05) is 19.8 Å². The van der Waals surface area contributed by atoms with Crippen LogP contribution in [0.2, 0.25) is 0 Å². The van der Waals surface area contributed by atoms with Gasteiger partial charge < -0.3 is 9.47 Å². The summed E-state index contributed by atoms with van der Waals surface area (Å²) in [6.07, 6.45) is 1.74. The molecule has 3 heterocycles. The molecule has 0 amide bonds. The van der Waals surface area contributed by atoms with Crippen molar-refractivity contribution in [2.24, 2.45) is 0 Å². The first-order valence-corrected chi connectivity index (χ1v) is 6.83. The molecule has 0 unspecified atom stereocenters. The van der Waals surface area contributed by atoms with Crippen molar-refractivity contribution in [3.8, 4) is 11.4 Å². The molecule has 4 nitrogen and oxygen atoms in total. The Morgan fingerprint density at radius 2 is 1.90 bits per heavy atom. The Kier molecular flexibility index (Phi) is 3.76. The molecule has 0 saturated carbocycles. The maximum Gasteiger partial charge on any atom is 0.123 e. The molecule has 104 valence electrons. The molecule has 0 aliphatic carbocycles. The van der Waals surface area contributed by atoms with E-state index in [0.717, 1.165) is 22.6 Å². The summed E-state index contributed by atoms with van der Waals surface area (Å²) in [7, 11) is 0. The predicted octanol–water partition coefficient (Wildman–Crippen LogP) is 2.85. The zero-order chi connectivity index (χ0) is 13.9. The molecular formula is C16H18N2O2. The van der Waals surface area contributed by atoms with Gasteiger partial charge in [-0.2, -0.15) is 0 Å². The van der Waals surface area contributed by atoms with Gasteiger partial charge in [-0.3, -0.25) is 4.98 Å². The Morgan fingerprint density at radius 3 is 2.65 bits per heavy atom. The van der Waals surface area contributed by atoms with E-state index in [1.807, 2.05) is 18.3 Å². The average molecular weight is 270 g/mol. The van der Waals surface area contributed by atoms with E-state index in [9.17, 15) is 0 Å². The highest BCUT2D eigenvalue weighted by atomic mass is 16.6. The first kappa shape index (κ1) is 13.2. The number of aromatic nitrogens is 2. The second-order valence-corrected chi connectivity index (χ2v) is 5.11. The minimum atomic E-state index is -0.0767. The van der Waals surface area contributed by atoms with Gasteiger partial charge in [0.2, 0.25) is 0 Å². The Labute approximate surface area is 118 Å². The Morgan fingerprint density at radius 1 is 1.05 bits per heavy atom. The van der Waals surface area contributed by atoms with Gasteiger partial charge in [-0.25, -0.2) is 4.98 Å². The van der Waals surface area contributed by atoms with E-state index in [2.05, 4.69) is 31.0 Å². The van der Waals surface area contributed by atoms with Gasteiger partial charge in [0.25, 0.3) is 0 Å². The third-order valence-corrected chi connectivity index (χ3v) is 3.31. The first-order chi connectivity index (χ1) is 9.72. The van der Waals surface area contributed by atoms with Gasteiger partial charge in [-0.15, -0.1) is 0 Å². The van der Waals surface area contributed by atoms with E-state index >= 15 is 0 Å². The highest BCUT2D eigenvalue weighted by Gasteiger charge is 2.19. The van der Waals surface area contributed by atoms with E-state index in [0.29, 0.717) is 19.8 Å². The fraction of sp³-hybridized carbons (Fsp3) is 0.375. The van der Waals surface area contributed by atoms with Crippen LogP contribution >= 0.6 is 0 Å². The van der Waals surface area contributed by atoms with Crippen LogP contribution in [0.5, 0.6) is 0 Å². The molecule has 20 heavy (non-hydrogen) atoms. The molecule has 0 N–H and O–H groups in total. The van der Waals surface area contributed by atoms with Crippen LogP contribution in [0.15, 0.2) is 30.5 Å². The van der Waals surface area contributed by atoms with Crippen LogP contribution in [0.1, 0.15) is 22.9 Å². The lowest BCUT2D eigenvalue weighted by Crippen LogP contribution is -2.22. The van der Waals surface area contributed by atoms with Crippen molar-refractivity contribution < 1.29 is 9.47 Å². The molecular weight excluding hydrogens is 252 g/mol. The topological polar surface area (TPSA) is 44.2 Å². The third-order valence-electron chi connectivity index (χ3n) is 3.31. The lowest BCUT2D eigenvalue weighted by Gasteiger charge is -2.23. The van der Waals surface area contributed by atoms with Crippen molar-refractivity contribution in [1.29, 1.82) is 0 Å². The zero-order valence-corrected chi connectivity index (χ0v) is 11.8. The molecule has 4 heteroatoms. The summed E-state index contributed by atoms with van der Waals surface area (Å²) in [5.41, 5.74) is 5.03. The molecule has 1 aliphatic rings. The summed E-state index contributed by atoms with van der Waals surface area (Å²) in [5, 5.41) is 0. The summed E-state index contributed by atoms with van der Waals surface area (Å²) in [5.74, 6) is 0. The van der Waals surface area contributed by atoms with Crippen LogP contribution in [0, 0.1) is 13.8 Å². The lowest BCUT2D eigenvalue weighted by molar-refractivity contribution is -0.0917. The van der Waals surface area contributed by atoms with E-state index in [-0.39, 0.29) is 6.10 Å². The molecule has 0 aromatic carbocycles. The van der Waals surface area contributed by atoms with E-state index < -0.39 is 0 Å². The van der Waals surface area contributed by atoms with Crippen molar-refractivity contribution in [1.82, 2.24) is 9.97 Å². The average Bonchev–Trinajstić information content (AvgIpc) is 2.47. The zero-order valence-electron chi connectivity index (χ0n) is 11.8. The number of pyridine rings is 2. The van der Waals surface area contributed by atoms with Crippen molar-refractivity contribution in [2.45, 2.75) is 20.0 Å². The highest BCUT2D eigenvalue weighted by Crippen LogP contribution is 2.24. The molecule has 0 radical (unpaired) electrons. The van der Waals surface area contributed by atoms with Crippen molar-refractivity contribution >= 4 is 0 Å². The second-order valence-electron chi connectivity index (χ2n) is 5.11. The normalized spacial score (nSPS) is 19.0.